The monoisotopic (exact) mass is 329 g/mol. The lowest BCUT2D eigenvalue weighted by molar-refractivity contribution is -0.385. The van der Waals surface area contributed by atoms with Crippen molar-refractivity contribution in [3.8, 4) is 0 Å². The van der Waals surface area contributed by atoms with Crippen molar-refractivity contribution in [3.63, 3.8) is 0 Å². The molecule has 2 aromatic carbocycles. The Morgan fingerprint density at radius 2 is 1.96 bits per heavy atom. The third-order valence-electron chi connectivity index (χ3n) is 3.42. The topological polar surface area (TPSA) is 95.7 Å². The van der Waals surface area contributed by atoms with Crippen molar-refractivity contribution in [2.45, 2.75) is 6.10 Å². The minimum absolute atomic E-state index is 0.0731. The number of benzene rings is 2. The van der Waals surface area contributed by atoms with Crippen LogP contribution in [0.3, 0.4) is 0 Å². The van der Waals surface area contributed by atoms with Gasteiger partial charge in [-0.25, -0.2) is 0 Å². The van der Waals surface area contributed by atoms with E-state index in [0.29, 0.717) is 11.3 Å². The predicted octanol–water partition coefficient (Wildman–Crippen LogP) is 2.20. The molecule has 2 aromatic rings. The zero-order chi connectivity index (χ0) is 17.5. The van der Waals surface area contributed by atoms with E-state index in [9.17, 15) is 20.0 Å². The maximum Gasteiger partial charge on any atom is 0.269 e. The summed E-state index contributed by atoms with van der Waals surface area (Å²) in [7, 11) is 1.70. The van der Waals surface area contributed by atoms with Crippen LogP contribution in [0, 0.1) is 10.1 Å². The Morgan fingerprint density at radius 1 is 1.25 bits per heavy atom. The van der Waals surface area contributed by atoms with E-state index in [1.165, 1.54) is 18.2 Å². The molecule has 0 saturated heterocycles. The fraction of sp³-hybridized carbons (Fsp3) is 0.235. The molecule has 1 amide bonds. The molecule has 0 radical (unpaired) electrons. The quantitative estimate of drug-likeness (QED) is 0.600. The van der Waals surface area contributed by atoms with Gasteiger partial charge >= 0.3 is 0 Å². The van der Waals surface area contributed by atoms with E-state index >= 15 is 0 Å². The average molecular weight is 329 g/mol. The van der Waals surface area contributed by atoms with E-state index in [1.54, 1.807) is 30.1 Å². The van der Waals surface area contributed by atoms with Gasteiger partial charge in [-0.15, -0.1) is 0 Å². The molecule has 0 aromatic heterocycles. The number of hydrogen-bond donors (Lipinski definition) is 2. The van der Waals surface area contributed by atoms with Gasteiger partial charge in [0.05, 0.1) is 17.6 Å². The first-order chi connectivity index (χ1) is 11.5. The molecule has 0 heterocycles. The first-order valence-electron chi connectivity index (χ1n) is 7.41. The van der Waals surface area contributed by atoms with Gasteiger partial charge in [-0.2, -0.15) is 0 Å². The summed E-state index contributed by atoms with van der Waals surface area (Å²) in [6.45, 7) is 0.282. The van der Waals surface area contributed by atoms with Crippen molar-refractivity contribution in [2.24, 2.45) is 0 Å². The Hall–Kier alpha value is -2.77. The molecule has 0 aliphatic carbocycles. The van der Waals surface area contributed by atoms with Gasteiger partial charge < -0.3 is 10.4 Å². The molecule has 2 rings (SSSR count). The highest BCUT2D eigenvalue weighted by Crippen LogP contribution is 2.19. The van der Waals surface area contributed by atoms with Crippen LogP contribution in [0.4, 0.5) is 11.4 Å². The Morgan fingerprint density at radius 3 is 2.62 bits per heavy atom. The average Bonchev–Trinajstić information content (AvgIpc) is 2.55. The summed E-state index contributed by atoms with van der Waals surface area (Å²) < 4.78 is 0. The van der Waals surface area contributed by atoms with Crippen molar-refractivity contribution >= 4 is 17.3 Å². The van der Waals surface area contributed by atoms with Gasteiger partial charge in [0.1, 0.15) is 0 Å². The summed E-state index contributed by atoms with van der Waals surface area (Å²) in [6, 6.07) is 14.9. The SMILES string of the molecule is CN(CC(=O)Nc1ccccc1)CC(O)c1cccc([N+](=O)[O-])c1. The zero-order valence-corrected chi connectivity index (χ0v) is 13.3. The van der Waals surface area contributed by atoms with Crippen LogP contribution < -0.4 is 5.32 Å². The molecule has 0 saturated carbocycles. The van der Waals surface area contributed by atoms with Crippen LogP contribution in [0.5, 0.6) is 0 Å². The first-order valence-corrected chi connectivity index (χ1v) is 7.41. The number of carbonyl (C=O) groups excluding carboxylic acids is 1. The Bertz CT molecular complexity index is 706. The summed E-state index contributed by atoms with van der Waals surface area (Å²) in [4.78, 5) is 23.9. The van der Waals surface area contributed by atoms with Crippen molar-refractivity contribution < 1.29 is 14.8 Å². The highest BCUT2D eigenvalue weighted by molar-refractivity contribution is 5.92. The molecule has 126 valence electrons. The number of non-ortho nitro benzene ring substituents is 1. The third-order valence-corrected chi connectivity index (χ3v) is 3.42. The number of aliphatic hydroxyl groups excluding tert-OH is 1. The van der Waals surface area contributed by atoms with Crippen LogP contribution >= 0.6 is 0 Å². The fourth-order valence-electron chi connectivity index (χ4n) is 2.28. The van der Waals surface area contributed by atoms with E-state index < -0.39 is 11.0 Å². The molecule has 0 aliphatic rings. The van der Waals surface area contributed by atoms with E-state index in [-0.39, 0.29) is 24.7 Å². The number of nitrogens with one attached hydrogen (secondary N) is 1. The maximum atomic E-state index is 12.0. The molecule has 0 spiro atoms. The van der Waals surface area contributed by atoms with Gasteiger partial charge in [0.15, 0.2) is 0 Å². The minimum Gasteiger partial charge on any atom is -0.387 e. The van der Waals surface area contributed by atoms with Crippen LogP contribution in [0.15, 0.2) is 54.6 Å². The number of carbonyl (C=O) groups is 1. The largest absolute Gasteiger partial charge is 0.387 e. The Balaban J connectivity index is 1.89. The van der Waals surface area contributed by atoms with Gasteiger partial charge in [-0.3, -0.25) is 19.8 Å². The van der Waals surface area contributed by atoms with E-state index in [0.717, 1.165) is 0 Å². The molecule has 2 N–H and O–H groups in total. The number of amides is 1. The van der Waals surface area contributed by atoms with Gasteiger partial charge in [0.2, 0.25) is 5.91 Å². The number of rotatable bonds is 7. The van der Waals surface area contributed by atoms with Crippen LogP contribution in [-0.2, 0) is 4.79 Å². The Labute approximate surface area is 139 Å². The van der Waals surface area contributed by atoms with E-state index in [4.69, 9.17) is 0 Å². The number of hydrogen-bond acceptors (Lipinski definition) is 5. The molecular weight excluding hydrogens is 310 g/mol. The van der Waals surface area contributed by atoms with E-state index in [2.05, 4.69) is 5.32 Å². The maximum absolute atomic E-state index is 12.0. The van der Waals surface area contributed by atoms with Crippen molar-refractivity contribution in [1.29, 1.82) is 0 Å². The van der Waals surface area contributed by atoms with Crippen LogP contribution in [0.1, 0.15) is 11.7 Å². The number of aliphatic hydroxyl groups is 1. The van der Waals surface area contributed by atoms with Gasteiger partial charge in [-0.1, -0.05) is 30.3 Å². The second kappa shape index (κ2) is 8.19. The number of para-hydroxylation sites is 1. The van der Waals surface area contributed by atoms with Crippen LogP contribution in [0.2, 0.25) is 0 Å². The smallest absolute Gasteiger partial charge is 0.269 e. The number of nitro groups is 1. The van der Waals surface area contributed by atoms with Gasteiger partial charge in [-0.05, 0) is 24.7 Å². The summed E-state index contributed by atoms with van der Waals surface area (Å²) >= 11 is 0. The third kappa shape index (κ3) is 5.15. The number of anilines is 1. The second-order valence-electron chi connectivity index (χ2n) is 5.48. The molecule has 7 nitrogen and oxygen atoms in total. The molecular formula is C17H19N3O4. The van der Waals surface area contributed by atoms with Crippen molar-refractivity contribution in [3.05, 3.63) is 70.3 Å². The molecule has 1 atom stereocenters. The lowest BCUT2D eigenvalue weighted by Crippen LogP contribution is -2.33. The summed E-state index contributed by atoms with van der Waals surface area (Å²) in [5.41, 5.74) is 1.07. The number of nitrogens with zero attached hydrogens (tertiary/aromatic N) is 2. The first kappa shape index (κ1) is 17.6. The zero-order valence-electron chi connectivity index (χ0n) is 13.3. The van der Waals surface area contributed by atoms with Crippen molar-refractivity contribution in [1.82, 2.24) is 4.90 Å². The Kier molecular flexibility index (Phi) is 6.00. The number of likely N-dealkylation sites (N-methyl/N-ethyl adjacent to an activating group) is 1. The molecule has 0 fully saturated rings. The minimum atomic E-state index is -0.917. The van der Waals surface area contributed by atoms with Crippen LogP contribution in [0.25, 0.3) is 0 Å². The lowest BCUT2D eigenvalue weighted by atomic mass is 10.1. The fourth-order valence-corrected chi connectivity index (χ4v) is 2.28. The van der Waals surface area contributed by atoms with Gasteiger partial charge in [0.25, 0.3) is 5.69 Å². The second-order valence-corrected chi connectivity index (χ2v) is 5.48. The number of nitro benzene ring substituents is 1. The molecule has 24 heavy (non-hydrogen) atoms. The highest BCUT2D eigenvalue weighted by atomic mass is 16.6. The standard InChI is InChI=1S/C17H19N3O4/c1-19(12-17(22)18-14-7-3-2-4-8-14)11-16(21)13-6-5-9-15(10-13)20(23)24/h2-10,16,21H,11-12H2,1H3,(H,18,22). The molecule has 0 aliphatic heterocycles. The van der Waals surface area contributed by atoms with Gasteiger partial charge in [0, 0.05) is 24.4 Å². The van der Waals surface area contributed by atoms with Crippen molar-refractivity contribution in [2.75, 3.05) is 25.5 Å². The lowest BCUT2D eigenvalue weighted by Gasteiger charge is -2.20. The highest BCUT2D eigenvalue weighted by Gasteiger charge is 2.16. The molecule has 0 bridgehead atoms. The van der Waals surface area contributed by atoms with Crippen LogP contribution in [-0.4, -0.2) is 41.0 Å². The molecule has 7 heteroatoms. The van der Waals surface area contributed by atoms with E-state index in [1.807, 2.05) is 18.2 Å². The normalized spacial score (nSPS) is 12.0. The summed E-state index contributed by atoms with van der Waals surface area (Å²) in [6.07, 6.45) is -0.917. The summed E-state index contributed by atoms with van der Waals surface area (Å²) in [5, 5.41) is 23.7. The summed E-state index contributed by atoms with van der Waals surface area (Å²) in [5.74, 6) is -0.199. The molecule has 1 unspecified atom stereocenters. The predicted molar refractivity (Wildman–Crippen MR) is 90.6 cm³/mol.